The highest BCUT2D eigenvalue weighted by Crippen LogP contribution is 2.34. The van der Waals surface area contributed by atoms with Gasteiger partial charge < -0.3 is 15.2 Å². The fraction of sp³-hybridized carbons (Fsp3) is 0.647. The maximum Gasteiger partial charge on any atom is 0.123 e. The summed E-state index contributed by atoms with van der Waals surface area (Å²) in [6.07, 6.45) is 3.08. The Morgan fingerprint density at radius 2 is 2.00 bits per heavy atom. The van der Waals surface area contributed by atoms with Gasteiger partial charge in [-0.1, -0.05) is 25.1 Å². The van der Waals surface area contributed by atoms with E-state index in [1.54, 1.807) is 7.11 Å². The number of hydrogen-bond acceptors (Lipinski definition) is 4. The molecule has 1 aliphatic heterocycles. The van der Waals surface area contributed by atoms with Crippen LogP contribution < -0.4 is 10.5 Å². The van der Waals surface area contributed by atoms with Crippen molar-refractivity contribution >= 4 is 0 Å². The molecule has 0 amide bonds. The summed E-state index contributed by atoms with van der Waals surface area (Å²) in [5.74, 6) is 0.922. The number of hydrogen-bond donors (Lipinski definition) is 1. The molecule has 0 saturated carbocycles. The first-order valence-corrected chi connectivity index (χ1v) is 7.87. The summed E-state index contributed by atoms with van der Waals surface area (Å²) in [7, 11) is 3.91. The van der Waals surface area contributed by atoms with Crippen LogP contribution in [0, 0.1) is 0 Å². The summed E-state index contributed by atoms with van der Waals surface area (Å²) in [4.78, 5) is 2.43. The lowest BCUT2D eigenvalue weighted by Gasteiger charge is -2.40. The molecule has 0 aromatic heterocycles. The molecule has 2 rings (SSSR count). The normalized spacial score (nSPS) is 19.5. The number of para-hydroxylation sites is 1. The number of nitrogens with two attached hydrogens (primary N) is 1. The number of nitrogens with zero attached hydrogens (tertiary/aromatic N) is 1. The Hall–Kier alpha value is -1.10. The Morgan fingerprint density at radius 3 is 2.62 bits per heavy atom. The second-order valence-corrected chi connectivity index (χ2v) is 5.77. The van der Waals surface area contributed by atoms with Gasteiger partial charge in [0.15, 0.2) is 0 Å². The van der Waals surface area contributed by atoms with Crippen molar-refractivity contribution in [2.45, 2.75) is 44.3 Å². The molecule has 1 saturated heterocycles. The van der Waals surface area contributed by atoms with Gasteiger partial charge in [0.25, 0.3) is 0 Å². The van der Waals surface area contributed by atoms with Gasteiger partial charge in [0, 0.05) is 30.9 Å². The summed E-state index contributed by atoms with van der Waals surface area (Å²) >= 11 is 0. The van der Waals surface area contributed by atoms with E-state index in [1.807, 2.05) is 12.1 Å². The molecule has 118 valence electrons. The lowest BCUT2D eigenvalue weighted by molar-refractivity contribution is 0.0229. The first kappa shape index (κ1) is 16.3. The molecule has 1 fully saturated rings. The Balaban J connectivity index is 2.28. The molecule has 0 spiro atoms. The topological polar surface area (TPSA) is 47.7 Å². The van der Waals surface area contributed by atoms with E-state index < -0.39 is 0 Å². The van der Waals surface area contributed by atoms with Crippen LogP contribution in [-0.2, 0) is 4.74 Å². The minimum Gasteiger partial charge on any atom is -0.496 e. The molecule has 21 heavy (non-hydrogen) atoms. The smallest absolute Gasteiger partial charge is 0.123 e. The lowest BCUT2D eigenvalue weighted by Crippen LogP contribution is -2.46. The number of likely N-dealkylation sites (N-methyl/N-ethyl adjacent to an activating group) is 1. The van der Waals surface area contributed by atoms with Crippen LogP contribution in [0.2, 0.25) is 0 Å². The van der Waals surface area contributed by atoms with Crippen molar-refractivity contribution in [3.8, 4) is 5.75 Å². The fourth-order valence-electron chi connectivity index (χ4n) is 3.21. The number of benzene rings is 1. The fourth-order valence-corrected chi connectivity index (χ4v) is 3.21. The minimum atomic E-state index is 0.0918. The maximum atomic E-state index is 6.45. The maximum absolute atomic E-state index is 6.45. The molecule has 4 nitrogen and oxygen atoms in total. The van der Waals surface area contributed by atoms with Crippen molar-refractivity contribution < 1.29 is 9.47 Å². The second-order valence-electron chi connectivity index (χ2n) is 5.77. The van der Waals surface area contributed by atoms with Crippen LogP contribution in [-0.4, -0.2) is 44.4 Å². The molecule has 1 heterocycles. The average Bonchev–Trinajstić information content (AvgIpc) is 2.56. The summed E-state index contributed by atoms with van der Waals surface area (Å²) in [5.41, 5.74) is 7.64. The highest BCUT2D eigenvalue weighted by molar-refractivity contribution is 5.37. The van der Waals surface area contributed by atoms with Crippen molar-refractivity contribution in [2.24, 2.45) is 5.73 Å². The van der Waals surface area contributed by atoms with Gasteiger partial charge in [-0.3, -0.25) is 4.90 Å². The molecule has 2 unspecified atom stereocenters. The third kappa shape index (κ3) is 3.76. The molecule has 1 aromatic rings. The van der Waals surface area contributed by atoms with E-state index in [-0.39, 0.29) is 12.1 Å². The highest BCUT2D eigenvalue weighted by atomic mass is 16.5. The van der Waals surface area contributed by atoms with Gasteiger partial charge in [0.05, 0.1) is 13.2 Å². The molecule has 2 N–H and O–H groups in total. The van der Waals surface area contributed by atoms with Gasteiger partial charge in [-0.05, 0) is 32.4 Å². The molecule has 1 aliphatic rings. The SMILES string of the molecule is CCC(N)C(c1ccccc1OC)N(C)C1CCOCC1. The van der Waals surface area contributed by atoms with Crippen LogP contribution >= 0.6 is 0 Å². The van der Waals surface area contributed by atoms with Crippen LogP contribution in [0.5, 0.6) is 5.75 Å². The van der Waals surface area contributed by atoms with Gasteiger partial charge in [-0.15, -0.1) is 0 Å². The quantitative estimate of drug-likeness (QED) is 0.875. The number of methoxy groups -OCH3 is 1. The highest BCUT2D eigenvalue weighted by Gasteiger charge is 2.31. The predicted octanol–water partition coefficient (Wildman–Crippen LogP) is 2.58. The summed E-state index contributed by atoms with van der Waals surface area (Å²) in [5, 5.41) is 0. The van der Waals surface area contributed by atoms with Crippen molar-refractivity contribution in [1.82, 2.24) is 4.90 Å². The molecule has 0 bridgehead atoms. The van der Waals surface area contributed by atoms with E-state index in [9.17, 15) is 0 Å². The van der Waals surface area contributed by atoms with E-state index in [4.69, 9.17) is 15.2 Å². The zero-order valence-corrected chi connectivity index (χ0v) is 13.4. The standard InChI is InChI=1S/C17H28N2O2/c1-4-15(18)17(14-7-5-6-8-16(14)20-3)19(2)13-9-11-21-12-10-13/h5-8,13,15,17H,4,9-12,18H2,1-3H3. The Morgan fingerprint density at radius 1 is 1.33 bits per heavy atom. The van der Waals surface area contributed by atoms with E-state index in [0.29, 0.717) is 6.04 Å². The zero-order chi connectivity index (χ0) is 15.2. The van der Waals surface area contributed by atoms with Crippen molar-refractivity contribution in [1.29, 1.82) is 0 Å². The van der Waals surface area contributed by atoms with Gasteiger partial charge in [0.1, 0.15) is 5.75 Å². The second kappa shape index (κ2) is 7.78. The molecule has 2 atom stereocenters. The molecule has 0 radical (unpaired) electrons. The molecule has 0 aliphatic carbocycles. The van der Waals surface area contributed by atoms with Gasteiger partial charge in [0.2, 0.25) is 0 Å². The van der Waals surface area contributed by atoms with Gasteiger partial charge >= 0.3 is 0 Å². The van der Waals surface area contributed by atoms with Crippen molar-refractivity contribution in [2.75, 3.05) is 27.4 Å². The van der Waals surface area contributed by atoms with E-state index >= 15 is 0 Å². The van der Waals surface area contributed by atoms with E-state index in [0.717, 1.165) is 38.2 Å². The average molecular weight is 292 g/mol. The molecular weight excluding hydrogens is 264 g/mol. The number of rotatable bonds is 6. The predicted molar refractivity (Wildman–Crippen MR) is 85.6 cm³/mol. The van der Waals surface area contributed by atoms with Crippen LogP contribution in [0.15, 0.2) is 24.3 Å². The molecule has 1 aromatic carbocycles. The first-order valence-electron chi connectivity index (χ1n) is 7.87. The van der Waals surface area contributed by atoms with E-state index in [1.165, 1.54) is 5.56 Å². The van der Waals surface area contributed by atoms with E-state index in [2.05, 4.69) is 31.0 Å². The monoisotopic (exact) mass is 292 g/mol. The molecule has 4 heteroatoms. The molecular formula is C17H28N2O2. The Bertz CT molecular complexity index is 433. The summed E-state index contributed by atoms with van der Waals surface area (Å²) < 4.78 is 11.0. The lowest BCUT2D eigenvalue weighted by atomic mass is 9.93. The van der Waals surface area contributed by atoms with Gasteiger partial charge in [-0.25, -0.2) is 0 Å². The van der Waals surface area contributed by atoms with Crippen LogP contribution in [0.4, 0.5) is 0 Å². The minimum absolute atomic E-state index is 0.0918. The third-order valence-electron chi connectivity index (χ3n) is 4.54. The van der Waals surface area contributed by atoms with Crippen molar-refractivity contribution in [3.63, 3.8) is 0 Å². The summed E-state index contributed by atoms with van der Waals surface area (Å²) in [6.45, 7) is 3.83. The Labute approximate surface area is 128 Å². The van der Waals surface area contributed by atoms with Crippen LogP contribution in [0.3, 0.4) is 0 Å². The van der Waals surface area contributed by atoms with Crippen molar-refractivity contribution in [3.05, 3.63) is 29.8 Å². The van der Waals surface area contributed by atoms with Gasteiger partial charge in [-0.2, -0.15) is 0 Å². The summed E-state index contributed by atoms with van der Waals surface area (Å²) in [6, 6.07) is 9.00. The van der Waals surface area contributed by atoms with Crippen LogP contribution in [0.1, 0.15) is 37.8 Å². The third-order valence-corrected chi connectivity index (χ3v) is 4.54. The first-order chi connectivity index (χ1) is 10.2. The largest absolute Gasteiger partial charge is 0.496 e. The number of ether oxygens (including phenoxy) is 2. The Kier molecular flexibility index (Phi) is 6.03. The van der Waals surface area contributed by atoms with Crippen LogP contribution in [0.25, 0.3) is 0 Å². The zero-order valence-electron chi connectivity index (χ0n) is 13.4.